The molecule has 526 valence electrons. The molecule has 0 radical (unpaired) electrons. The van der Waals surface area contributed by atoms with Crippen molar-refractivity contribution in [3.05, 3.63) is 60.8 Å². The van der Waals surface area contributed by atoms with E-state index in [1.165, 1.54) is 270 Å². The van der Waals surface area contributed by atoms with Gasteiger partial charge in [-0.2, -0.15) is 0 Å². The van der Waals surface area contributed by atoms with Crippen LogP contribution in [0, 0.1) is 0 Å². The summed E-state index contributed by atoms with van der Waals surface area (Å²) in [4.78, 5) is 25.1. The van der Waals surface area contributed by atoms with Gasteiger partial charge in [-0.15, -0.1) is 0 Å². The third-order valence-electron chi connectivity index (χ3n) is 18.1. The Kier molecular flexibility index (Phi) is 64.3. The quantitative estimate of drug-likeness (QED) is 0.0195. The highest BCUT2D eigenvalue weighted by Gasteiger charge is 2.44. The van der Waals surface area contributed by atoms with Gasteiger partial charge in [0, 0.05) is 12.8 Å². The Bertz CT molecular complexity index is 1680. The first-order chi connectivity index (χ1) is 44.2. The Morgan fingerprint density at radius 3 is 1.17 bits per heavy atom. The average Bonchev–Trinajstić information content (AvgIpc) is 1.86. The smallest absolute Gasteiger partial charge is 0.305 e. The second-order valence-corrected chi connectivity index (χ2v) is 26.7. The summed E-state index contributed by atoms with van der Waals surface area (Å²) in [6.45, 7) is 4.30. The van der Waals surface area contributed by atoms with E-state index in [1.54, 1.807) is 6.08 Å². The van der Waals surface area contributed by atoms with E-state index in [-0.39, 0.29) is 18.5 Å². The minimum absolute atomic E-state index is 0.00292. The first kappa shape index (κ1) is 85.4. The first-order valence-corrected chi connectivity index (χ1v) is 38.6. The topological polar surface area (TPSA) is 175 Å². The van der Waals surface area contributed by atoms with Crippen molar-refractivity contribution in [1.29, 1.82) is 0 Å². The number of amides is 1. The lowest BCUT2D eigenvalue weighted by atomic mass is 9.99. The normalized spacial score (nSPS) is 18.0. The molecule has 1 aliphatic rings. The van der Waals surface area contributed by atoms with Gasteiger partial charge < -0.3 is 45.1 Å². The number of carbonyl (C=O) groups excluding carboxylic acids is 2. The van der Waals surface area contributed by atoms with Crippen LogP contribution < -0.4 is 5.32 Å². The first-order valence-electron chi connectivity index (χ1n) is 38.6. The molecule has 0 aliphatic carbocycles. The summed E-state index contributed by atoms with van der Waals surface area (Å²) in [5.41, 5.74) is 0. The van der Waals surface area contributed by atoms with E-state index in [0.717, 1.165) is 70.6 Å². The second kappa shape index (κ2) is 67.8. The predicted octanol–water partition coefficient (Wildman–Crippen LogP) is 20.5. The SMILES string of the molecule is CCC/C=C\C/C=C\CCCCCCCC(=O)OCCCCCCCCCCCCCCC/C=C\C/C=C\CCCCCCCCCCCCCCCCCCCC(=O)NC(COC1OC(CO)C(O)C(O)C1O)C(O)/C=C/CCCCCCCCCCCC. The number of nitrogens with one attached hydrogen (secondary N) is 1. The molecule has 1 amide bonds. The Hall–Kier alpha value is -2.64. The molecule has 1 saturated heterocycles. The molecule has 0 aromatic carbocycles. The molecule has 7 atom stereocenters. The number of hydrogen-bond donors (Lipinski definition) is 6. The number of aliphatic hydroxyl groups is 5. The van der Waals surface area contributed by atoms with Crippen molar-refractivity contribution < 1.29 is 49.3 Å². The maximum absolute atomic E-state index is 13.1. The fraction of sp³-hybridized carbons (Fsp3) is 0.848. The van der Waals surface area contributed by atoms with Gasteiger partial charge in [0.2, 0.25) is 5.91 Å². The highest BCUT2D eigenvalue weighted by molar-refractivity contribution is 5.76. The van der Waals surface area contributed by atoms with Crippen molar-refractivity contribution in [2.24, 2.45) is 0 Å². The van der Waals surface area contributed by atoms with Gasteiger partial charge in [-0.3, -0.25) is 9.59 Å². The maximum atomic E-state index is 13.1. The zero-order chi connectivity index (χ0) is 65.1. The monoisotopic (exact) mass is 1270 g/mol. The number of ether oxygens (including phenoxy) is 3. The van der Waals surface area contributed by atoms with Crippen LogP contribution in [-0.2, 0) is 23.8 Å². The van der Waals surface area contributed by atoms with Gasteiger partial charge in [0.25, 0.3) is 0 Å². The summed E-state index contributed by atoms with van der Waals surface area (Å²) < 4.78 is 16.7. The average molecular weight is 1270 g/mol. The number of unbranched alkanes of at least 4 members (excludes halogenated alkanes) is 46. The number of aliphatic hydroxyl groups excluding tert-OH is 5. The molecule has 0 aromatic heterocycles. The fourth-order valence-corrected chi connectivity index (χ4v) is 12.0. The van der Waals surface area contributed by atoms with Gasteiger partial charge in [-0.1, -0.05) is 325 Å². The van der Waals surface area contributed by atoms with Crippen molar-refractivity contribution in [1.82, 2.24) is 5.32 Å². The standard InChI is InChI=1S/C79H145NO10/c1-3-5-7-9-11-13-15-42-47-51-55-59-63-67-75(84)88-68-64-60-56-52-48-44-41-39-37-35-33-31-29-27-25-23-21-19-17-18-20-22-24-26-28-30-32-34-36-38-40-43-46-50-54-58-62-66-74(83)80-71(70-89-79-78(87)77(86)76(85)73(69-81)90-79)72(82)65-61-57-53-49-45-16-14-12-10-8-6-4-2/h7,9,13,15,17,19,23,25,61,65,71-73,76-79,81-82,85-87H,3-6,8,10-12,14,16,18,20-22,24,26-60,62-64,66-70H2,1-2H3,(H,80,83)/b9-7-,15-13-,19-17-,25-23-,65-61+. The highest BCUT2D eigenvalue weighted by atomic mass is 16.7. The molecule has 0 saturated carbocycles. The Morgan fingerprint density at radius 2 is 0.767 bits per heavy atom. The molecule has 90 heavy (non-hydrogen) atoms. The van der Waals surface area contributed by atoms with Crippen LogP contribution >= 0.6 is 0 Å². The highest BCUT2D eigenvalue weighted by Crippen LogP contribution is 2.23. The van der Waals surface area contributed by atoms with Crippen LogP contribution in [0.15, 0.2) is 60.8 Å². The molecular formula is C79H145NO10. The van der Waals surface area contributed by atoms with Gasteiger partial charge in [0.1, 0.15) is 24.4 Å². The third kappa shape index (κ3) is 55.8. The summed E-state index contributed by atoms with van der Waals surface area (Å²) in [6.07, 6.45) is 81.0. The molecule has 1 heterocycles. The largest absolute Gasteiger partial charge is 0.466 e. The number of rotatable bonds is 68. The molecule has 6 N–H and O–H groups in total. The minimum atomic E-state index is -1.57. The molecule has 0 aromatic rings. The zero-order valence-electron chi connectivity index (χ0n) is 58.6. The zero-order valence-corrected chi connectivity index (χ0v) is 58.6. The van der Waals surface area contributed by atoms with Crippen molar-refractivity contribution >= 4 is 11.9 Å². The predicted molar refractivity (Wildman–Crippen MR) is 380 cm³/mol. The van der Waals surface area contributed by atoms with E-state index in [4.69, 9.17) is 14.2 Å². The number of hydrogen-bond acceptors (Lipinski definition) is 10. The van der Waals surface area contributed by atoms with Crippen LogP contribution in [0.3, 0.4) is 0 Å². The number of allylic oxidation sites excluding steroid dienone is 9. The number of carbonyl (C=O) groups is 2. The van der Waals surface area contributed by atoms with Crippen LogP contribution in [0.25, 0.3) is 0 Å². The van der Waals surface area contributed by atoms with E-state index < -0.39 is 49.5 Å². The Balaban J connectivity index is 1.92. The molecular weight excluding hydrogens is 1120 g/mol. The van der Waals surface area contributed by atoms with Crippen molar-refractivity contribution in [3.8, 4) is 0 Å². The molecule has 11 nitrogen and oxygen atoms in total. The van der Waals surface area contributed by atoms with E-state index in [9.17, 15) is 35.1 Å². The summed E-state index contributed by atoms with van der Waals surface area (Å²) in [6, 6.07) is -0.808. The van der Waals surface area contributed by atoms with Gasteiger partial charge >= 0.3 is 5.97 Å². The van der Waals surface area contributed by atoms with Gasteiger partial charge in [0.15, 0.2) is 6.29 Å². The summed E-state index contributed by atoms with van der Waals surface area (Å²) >= 11 is 0. The lowest BCUT2D eigenvalue weighted by Crippen LogP contribution is -2.60. The summed E-state index contributed by atoms with van der Waals surface area (Å²) in [7, 11) is 0. The maximum Gasteiger partial charge on any atom is 0.305 e. The summed E-state index contributed by atoms with van der Waals surface area (Å²) in [5.74, 6) is -0.181. The molecule has 0 bridgehead atoms. The van der Waals surface area contributed by atoms with Gasteiger partial charge in [-0.05, 0) is 89.9 Å². The van der Waals surface area contributed by atoms with Crippen LogP contribution in [0.2, 0.25) is 0 Å². The lowest BCUT2D eigenvalue weighted by molar-refractivity contribution is -0.302. The van der Waals surface area contributed by atoms with E-state index in [1.807, 2.05) is 6.08 Å². The molecule has 0 spiro atoms. The van der Waals surface area contributed by atoms with E-state index in [2.05, 4.69) is 67.8 Å². The van der Waals surface area contributed by atoms with Crippen LogP contribution in [0.1, 0.15) is 367 Å². The third-order valence-corrected chi connectivity index (χ3v) is 18.1. The van der Waals surface area contributed by atoms with Gasteiger partial charge in [-0.25, -0.2) is 0 Å². The van der Waals surface area contributed by atoms with Gasteiger partial charge in [0.05, 0.1) is 32.0 Å². The Labute approximate surface area is 554 Å². The van der Waals surface area contributed by atoms with E-state index in [0.29, 0.717) is 19.4 Å². The molecule has 7 unspecified atom stereocenters. The summed E-state index contributed by atoms with van der Waals surface area (Å²) in [5, 5.41) is 54.5. The molecule has 1 fully saturated rings. The second-order valence-electron chi connectivity index (χ2n) is 26.7. The van der Waals surface area contributed by atoms with Crippen LogP contribution in [0.4, 0.5) is 0 Å². The molecule has 1 rings (SSSR count). The molecule has 11 heteroatoms. The number of esters is 1. The van der Waals surface area contributed by atoms with Crippen molar-refractivity contribution in [2.45, 2.75) is 410 Å². The fourth-order valence-electron chi connectivity index (χ4n) is 12.0. The van der Waals surface area contributed by atoms with Crippen LogP contribution in [-0.4, -0.2) is 100 Å². The minimum Gasteiger partial charge on any atom is -0.466 e. The van der Waals surface area contributed by atoms with Crippen molar-refractivity contribution in [2.75, 3.05) is 19.8 Å². The van der Waals surface area contributed by atoms with Crippen molar-refractivity contribution in [3.63, 3.8) is 0 Å². The lowest BCUT2D eigenvalue weighted by Gasteiger charge is -2.40. The van der Waals surface area contributed by atoms with Crippen LogP contribution in [0.5, 0.6) is 0 Å². The Morgan fingerprint density at radius 1 is 0.411 bits per heavy atom. The molecule has 1 aliphatic heterocycles. The van der Waals surface area contributed by atoms with E-state index >= 15 is 0 Å².